The first-order valence-electron chi connectivity index (χ1n) is 5.67. The standard InChI is InChI=1S/C11H19N3/c1-3-5-10-9(4-2)11(14-13-10)12-8-6-7-8/h8H,3-7H2,1-2H3,(H2,12,13,14). The predicted octanol–water partition coefficient (Wildman–Crippen LogP) is 2.50. The minimum Gasteiger partial charge on any atom is -0.366 e. The van der Waals surface area contributed by atoms with Gasteiger partial charge in [0.2, 0.25) is 0 Å². The van der Waals surface area contributed by atoms with E-state index in [1.165, 1.54) is 30.5 Å². The summed E-state index contributed by atoms with van der Waals surface area (Å²) in [6.07, 6.45) is 5.97. The average molecular weight is 193 g/mol. The molecule has 1 aromatic rings. The highest BCUT2D eigenvalue weighted by Gasteiger charge is 2.23. The van der Waals surface area contributed by atoms with E-state index in [0.29, 0.717) is 6.04 Å². The molecule has 1 heterocycles. The van der Waals surface area contributed by atoms with E-state index in [9.17, 15) is 0 Å². The number of nitrogens with zero attached hydrogens (tertiary/aromatic N) is 1. The van der Waals surface area contributed by atoms with Crippen LogP contribution in [0.2, 0.25) is 0 Å². The molecular weight excluding hydrogens is 174 g/mol. The van der Waals surface area contributed by atoms with E-state index in [1.807, 2.05) is 0 Å². The fourth-order valence-corrected chi connectivity index (χ4v) is 1.78. The highest BCUT2D eigenvalue weighted by molar-refractivity contribution is 5.48. The van der Waals surface area contributed by atoms with Crippen molar-refractivity contribution in [2.24, 2.45) is 0 Å². The molecule has 0 bridgehead atoms. The van der Waals surface area contributed by atoms with Crippen LogP contribution in [-0.2, 0) is 12.8 Å². The highest BCUT2D eigenvalue weighted by Crippen LogP contribution is 2.27. The summed E-state index contributed by atoms with van der Waals surface area (Å²) >= 11 is 0. The minimum absolute atomic E-state index is 0.693. The molecule has 0 spiro atoms. The number of rotatable bonds is 5. The number of nitrogens with one attached hydrogen (secondary N) is 2. The number of aromatic amines is 1. The lowest BCUT2D eigenvalue weighted by atomic mass is 10.1. The summed E-state index contributed by atoms with van der Waals surface area (Å²) in [5.41, 5.74) is 2.71. The minimum atomic E-state index is 0.693. The predicted molar refractivity (Wildman–Crippen MR) is 58.6 cm³/mol. The zero-order valence-electron chi connectivity index (χ0n) is 9.06. The Hall–Kier alpha value is -0.990. The zero-order valence-corrected chi connectivity index (χ0v) is 9.06. The normalized spacial score (nSPS) is 15.9. The molecule has 1 aliphatic rings. The molecule has 0 aliphatic heterocycles. The number of hydrogen-bond donors (Lipinski definition) is 2. The van der Waals surface area contributed by atoms with Crippen molar-refractivity contribution in [3.8, 4) is 0 Å². The fourth-order valence-electron chi connectivity index (χ4n) is 1.78. The van der Waals surface area contributed by atoms with E-state index < -0.39 is 0 Å². The van der Waals surface area contributed by atoms with Gasteiger partial charge < -0.3 is 5.32 Å². The molecule has 0 amide bonds. The summed E-state index contributed by atoms with van der Waals surface area (Å²) in [5, 5.41) is 11.0. The van der Waals surface area contributed by atoms with Gasteiger partial charge in [-0.3, -0.25) is 5.10 Å². The number of aromatic nitrogens is 2. The molecule has 0 unspecified atom stereocenters. The van der Waals surface area contributed by atoms with Crippen LogP contribution >= 0.6 is 0 Å². The van der Waals surface area contributed by atoms with Crippen LogP contribution in [0.5, 0.6) is 0 Å². The fraction of sp³-hybridized carbons (Fsp3) is 0.727. The topological polar surface area (TPSA) is 40.7 Å². The molecule has 1 fully saturated rings. The van der Waals surface area contributed by atoms with E-state index in [0.717, 1.165) is 18.7 Å². The van der Waals surface area contributed by atoms with Gasteiger partial charge in [-0.1, -0.05) is 20.3 Å². The van der Waals surface area contributed by atoms with Gasteiger partial charge in [-0.15, -0.1) is 0 Å². The molecule has 0 atom stereocenters. The van der Waals surface area contributed by atoms with E-state index in [-0.39, 0.29) is 0 Å². The third kappa shape index (κ3) is 1.91. The van der Waals surface area contributed by atoms with Gasteiger partial charge in [0, 0.05) is 17.3 Å². The largest absolute Gasteiger partial charge is 0.366 e. The van der Waals surface area contributed by atoms with Crippen LogP contribution in [-0.4, -0.2) is 16.2 Å². The molecule has 0 saturated heterocycles. The van der Waals surface area contributed by atoms with Gasteiger partial charge in [-0.25, -0.2) is 0 Å². The van der Waals surface area contributed by atoms with Crippen molar-refractivity contribution in [2.45, 2.75) is 52.0 Å². The first-order valence-corrected chi connectivity index (χ1v) is 5.67. The van der Waals surface area contributed by atoms with Gasteiger partial charge in [-0.2, -0.15) is 5.10 Å². The number of anilines is 1. The first kappa shape index (κ1) is 9.56. The van der Waals surface area contributed by atoms with Crippen LogP contribution in [0.1, 0.15) is 44.4 Å². The van der Waals surface area contributed by atoms with E-state index in [1.54, 1.807) is 0 Å². The second kappa shape index (κ2) is 4.03. The Morgan fingerprint density at radius 1 is 1.43 bits per heavy atom. The Labute approximate surface area is 85.3 Å². The van der Waals surface area contributed by atoms with Gasteiger partial charge in [0.1, 0.15) is 0 Å². The lowest BCUT2D eigenvalue weighted by Crippen LogP contribution is -2.03. The molecule has 78 valence electrons. The first-order chi connectivity index (χ1) is 6.85. The van der Waals surface area contributed by atoms with Crippen LogP contribution in [0, 0.1) is 0 Å². The van der Waals surface area contributed by atoms with Crippen molar-refractivity contribution in [1.82, 2.24) is 10.2 Å². The summed E-state index contributed by atoms with van der Waals surface area (Å²) in [5.74, 6) is 1.10. The number of hydrogen-bond acceptors (Lipinski definition) is 2. The SMILES string of the molecule is CCCc1[nH]nc(NC2CC2)c1CC. The van der Waals surface area contributed by atoms with Crippen molar-refractivity contribution >= 4 is 5.82 Å². The van der Waals surface area contributed by atoms with E-state index in [4.69, 9.17) is 0 Å². The smallest absolute Gasteiger partial charge is 0.151 e. The van der Waals surface area contributed by atoms with Gasteiger partial charge >= 0.3 is 0 Å². The van der Waals surface area contributed by atoms with Crippen molar-refractivity contribution < 1.29 is 0 Å². The van der Waals surface area contributed by atoms with Crippen LogP contribution in [0.3, 0.4) is 0 Å². The van der Waals surface area contributed by atoms with E-state index >= 15 is 0 Å². The Morgan fingerprint density at radius 2 is 2.21 bits per heavy atom. The third-order valence-corrected chi connectivity index (χ3v) is 2.72. The maximum Gasteiger partial charge on any atom is 0.151 e. The van der Waals surface area contributed by atoms with Gasteiger partial charge in [0.15, 0.2) is 5.82 Å². The number of aryl methyl sites for hydroxylation is 1. The van der Waals surface area contributed by atoms with Crippen LogP contribution < -0.4 is 5.32 Å². The summed E-state index contributed by atoms with van der Waals surface area (Å²) in [6, 6.07) is 0.693. The van der Waals surface area contributed by atoms with E-state index in [2.05, 4.69) is 29.4 Å². The molecule has 14 heavy (non-hydrogen) atoms. The highest BCUT2D eigenvalue weighted by atomic mass is 15.2. The van der Waals surface area contributed by atoms with Gasteiger partial charge in [0.25, 0.3) is 0 Å². The second-order valence-corrected chi connectivity index (χ2v) is 4.05. The maximum absolute atomic E-state index is 4.35. The summed E-state index contributed by atoms with van der Waals surface area (Å²) < 4.78 is 0. The summed E-state index contributed by atoms with van der Waals surface area (Å²) in [7, 11) is 0. The molecule has 1 saturated carbocycles. The van der Waals surface area contributed by atoms with Gasteiger partial charge in [-0.05, 0) is 25.7 Å². The van der Waals surface area contributed by atoms with Crippen molar-refractivity contribution in [1.29, 1.82) is 0 Å². The lowest BCUT2D eigenvalue weighted by molar-refractivity contribution is 0.854. The molecule has 3 nitrogen and oxygen atoms in total. The quantitative estimate of drug-likeness (QED) is 0.754. The van der Waals surface area contributed by atoms with Crippen LogP contribution in [0.4, 0.5) is 5.82 Å². The Morgan fingerprint density at radius 3 is 2.79 bits per heavy atom. The molecular formula is C11H19N3. The zero-order chi connectivity index (χ0) is 9.97. The molecule has 0 radical (unpaired) electrons. The molecule has 3 heteroatoms. The Balaban J connectivity index is 2.12. The Bertz CT molecular complexity index is 299. The molecule has 1 aromatic heterocycles. The molecule has 0 aromatic carbocycles. The van der Waals surface area contributed by atoms with Crippen molar-refractivity contribution in [2.75, 3.05) is 5.32 Å². The van der Waals surface area contributed by atoms with Gasteiger partial charge in [0.05, 0.1) is 0 Å². The Kier molecular flexibility index (Phi) is 2.75. The van der Waals surface area contributed by atoms with Crippen LogP contribution in [0.25, 0.3) is 0 Å². The van der Waals surface area contributed by atoms with Crippen LogP contribution in [0.15, 0.2) is 0 Å². The molecule has 1 aliphatic carbocycles. The summed E-state index contributed by atoms with van der Waals surface area (Å²) in [4.78, 5) is 0. The molecule has 2 N–H and O–H groups in total. The monoisotopic (exact) mass is 193 g/mol. The number of H-pyrrole nitrogens is 1. The average Bonchev–Trinajstić information content (AvgIpc) is 2.90. The lowest BCUT2D eigenvalue weighted by Gasteiger charge is -2.03. The second-order valence-electron chi connectivity index (χ2n) is 4.05. The maximum atomic E-state index is 4.35. The molecule has 2 rings (SSSR count). The summed E-state index contributed by atoms with van der Waals surface area (Å²) in [6.45, 7) is 4.40. The van der Waals surface area contributed by atoms with Crippen molar-refractivity contribution in [3.63, 3.8) is 0 Å². The van der Waals surface area contributed by atoms with Crippen molar-refractivity contribution in [3.05, 3.63) is 11.3 Å². The third-order valence-electron chi connectivity index (χ3n) is 2.72.